The molecule has 0 unspecified atom stereocenters. The molecule has 2 rings (SSSR count). The zero-order chi connectivity index (χ0) is 15.3. The summed E-state index contributed by atoms with van der Waals surface area (Å²) in [6.45, 7) is 8.16. The van der Waals surface area contributed by atoms with Crippen molar-refractivity contribution in [2.24, 2.45) is 0 Å². The lowest BCUT2D eigenvalue weighted by molar-refractivity contribution is 0.189. The number of nitrogens with zero attached hydrogens (tertiary/aromatic N) is 1. The normalized spacial score (nSPS) is 19.2. The van der Waals surface area contributed by atoms with Crippen LogP contribution in [0, 0.1) is 5.82 Å². The number of nitrogens with one attached hydrogen (secondary N) is 1. The molecule has 4 heteroatoms. The summed E-state index contributed by atoms with van der Waals surface area (Å²) in [5.41, 5.74) is 0.915. The van der Waals surface area contributed by atoms with Crippen molar-refractivity contribution in [3.63, 3.8) is 0 Å². The summed E-state index contributed by atoms with van der Waals surface area (Å²) < 4.78 is 19.2. The van der Waals surface area contributed by atoms with Gasteiger partial charge in [-0.15, -0.1) is 0 Å². The van der Waals surface area contributed by atoms with E-state index in [0.29, 0.717) is 12.3 Å². The first-order valence-electron chi connectivity index (χ1n) is 7.92. The fraction of sp³-hybridized carbons (Fsp3) is 0.647. The molecule has 0 aromatic heterocycles. The molecule has 0 saturated carbocycles. The first-order valence-corrected chi connectivity index (χ1v) is 7.92. The van der Waals surface area contributed by atoms with Crippen LogP contribution in [0.4, 0.5) is 4.39 Å². The minimum absolute atomic E-state index is 0.166. The highest BCUT2D eigenvalue weighted by atomic mass is 19.1. The van der Waals surface area contributed by atoms with Gasteiger partial charge in [0.15, 0.2) is 0 Å². The van der Waals surface area contributed by atoms with E-state index in [1.807, 2.05) is 12.1 Å². The summed E-state index contributed by atoms with van der Waals surface area (Å²) in [5.74, 6) is 0.399. The minimum atomic E-state index is -0.176. The average molecular weight is 294 g/mol. The summed E-state index contributed by atoms with van der Waals surface area (Å²) in [5, 5.41) is 3.69. The predicted octanol–water partition coefficient (Wildman–Crippen LogP) is 3.19. The average Bonchev–Trinajstić information content (AvgIpc) is 2.72. The number of hydrogen-bond acceptors (Lipinski definition) is 3. The van der Waals surface area contributed by atoms with E-state index in [9.17, 15) is 4.39 Å². The van der Waals surface area contributed by atoms with Gasteiger partial charge in [-0.1, -0.05) is 19.9 Å². The van der Waals surface area contributed by atoms with E-state index in [1.165, 1.54) is 6.07 Å². The number of hydrogen-bond donors (Lipinski definition) is 1. The second-order valence-corrected chi connectivity index (χ2v) is 5.94. The van der Waals surface area contributed by atoms with E-state index in [-0.39, 0.29) is 11.4 Å². The van der Waals surface area contributed by atoms with Gasteiger partial charge in [0.05, 0.1) is 7.11 Å². The van der Waals surface area contributed by atoms with Crippen LogP contribution in [-0.4, -0.2) is 37.2 Å². The molecule has 0 spiro atoms. The van der Waals surface area contributed by atoms with Crippen molar-refractivity contribution < 1.29 is 9.13 Å². The fourth-order valence-electron chi connectivity index (χ4n) is 3.10. The first-order chi connectivity index (χ1) is 10.1. The van der Waals surface area contributed by atoms with E-state index in [1.54, 1.807) is 7.11 Å². The molecule has 1 saturated heterocycles. The van der Waals surface area contributed by atoms with Crippen LogP contribution in [0.3, 0.4) is 0 Å². The van der Waals surface area contributed by atoms with Gasteiger partial charge in [-0.05, 0) is 38.4 Å². The van der Waals surface area contributed by atoms with Crippen molar-refractivity contribution in [1.29, 1.82) is 0 Å². The third-order valence-corrected chi connectivity index (χ3v) is 4.69. The van der Waals surface area contributed by atoms with Crippen LogP contribution in [0.2, 0.25) is 0 Å². The van der Waals surface area contributed by atoms with Crippen LogP contribution in [0.25, 0.3) is 0 Å². The van der Waals surface area contributed by atoms with Crippen molar-refractivity contribution in [3.05, 3.63) is 29.6 Å². The standard InChI is InChI=1S/C17H27FN2O/c1-4-17(5-2)13-20(10-6-9-19-17)12-14-7-8-15(21-3)11-16(14)18/h7-8,11,19H,4-6,9-10,12-13H2,1-3H3. The summed E-state index contributed by atoms with van der Waals surface area (Å²) >= 11 is 0. The smallest absolute Gasteiger partial charge is 0.131 e. The van der Waals surface area contributed by atoms with Crippen LogP contribution in [0.1, 0.15) is 38.7 Å². The molecule has 1 aromatic carbocycles. The molecule has 0 atom stereocenters. The molecule has 0 aliphatic carbocycles. The largest absolute Gasteiger partial charge is 0.497 e. The van der Waals surface area contributed by atoms with Gasteiger partial charge in [-0.3, -0.25) is 4.90 Å². The maximum absolute atomic E-state index is 14.1. The Morgan fingerprint density at radius 3 is 2.71 bits per heavy atom. The molecule has 1 aliphatic rings. The van der Waals surface area contributed by atoms with Gasteiger partial charge < -0.3 is 10.1 Å². The lowest BCUT2D eigenvalue weighted by Gasteiger charge is -2.35. The highest BCUT2D eigenvalue weighted by Gasteiger charge is 2.30. The third-order valence-electron chi connectivity index (χ3n) is 4.69. The van der Waals surface area contributed by atoms with Crippen LogP contribution >= 0.6 is 0 Å². The molecule has 21 heavy (non-hydrogen) atoms. The number of rotatable bonds is 5. The topological polar surface area (TPSA) is 24.5 Å². The van der Waals surface area contributed by atoms with Gasteiger partial charge in [0.2, 0.25) is 0 Å². The molecule has 0 radical (unpaired) electrons. The lowest BCUT2D eigenvalue weighted by Crippen LogP contribution is -2.50. The molecule has 3 nitrogen and oxygen atoms in total. The molecular weight excluding hydrogens is 267 g/mol. The quantitative estimate of drug-likeness (QED) is 0.902. The molecule has 1 N–H and O–H groups in total. The zero-order valence-corrected chi connectivity index (χ0v) is 13.4. The van der Waals surface area contributed by atoms with Crippen molar-refractivity contribution in [2.45, 2.75) is 45.2 Å². The number of methoxy groups -OCH3 is 1. The van der Waals surface area contributed by atoms with E-state index in [0.717, 1.165) is 44.5 Å². The maximum atomic E-state index is 14.1. The van der Waals surface area contributed by atoms with Crippen LogP contribution in [0.5, 0.6) is 5.75 Å². The monoisotopic (exact) mass is 294 g/mol. The second-order valence-electron chi connectivity index (χ2n) is 5.94. The molecular formula is C17H27FN2O. The van der Waals surface area contributed by atoms with Crippen LogP contribution in [0.15, 0.2) is 18.2 Å². The van der Waals surface area contributed by atoms with E-state index < -0.39 is 0 Å². The summed E-state index contributed by atoms with van der Waals surface area (Å²) in [4.78, 5) is 2.37. The molecule has 118 valence electrons. The molecule has 1 aliphatic heterocycles. The van der Waals surface area contributed by atoms with Gasteiger partial charge in [0.1, 0.15) is 11.6 Å². The Bertz CT molecular complexity index is 460. The highest BCUT2D eigenvalue weighted by molar-refractivity contribution is 5.28. The zero-order valence-electron chi connectivity index (χ0n) is 13.4. The Kier molecular flexibility index (Phi) is 5.59. The third kappa shape index (κ3) is 3.95. The first kappa shape index (κ1) is 16.2. The van der Waals surface area contributed by atoms with Gasteiger partial charge >= 0.3 is 0 Å². The second kappa shape index (κ2) is 7.23. The maximum Gasteiger partial charge on any atom is 0.131 e. The van der Waals surface area contributed by atoms with Crippen LogP contribution < -0.4 is 10.1 Å². The minimum Gasteiger partial charge on any atom is -0.497 e. The van der Waals surface area contributed by atoms with Gasteiger partial charge in [0, 0.05) is 30.3 Å². The summed E-state index contributed by atoms with van der Waals surface area (Å²) in [7, 11) is 1.56. The number of halogens is 1. The van der Waals surface area contributed by atoms with Crippen molar-refractivity contribution in [3.8, 4) is 5.75 Å². The Hall–Kier alpha value is -1.13. The van der Waals surface area contributed by atoms with Crippen molar-refractivity contribution in [2.75, 3.05) is 26.7 Å². The molecule has 1 heterocycles. The fourth-order valence-corrected chi connectivity index (χ4v) is 3.10. The van der Waals surface area contributed by atoms with E-state index in [4.69, 9.17) is 4.74 Å². The molecule has 1 fully saturated rings. The lowest BCUT2D eigenvalue weighted by atomic mass is 9.92. The molecule has 1 aromatic rings. The Morgan fingerprint density at radius 1 is 1.33 bits per heavy atom. The Morgan fingerprint density at radius 2 is 2.10 bits per heavy atom. The van der Waals surface area contributed by atoms with Gasteiger partial charge in [0.25, 0.3) is 0 Å². The van der Waals surface area contributed by atoms with Gasteiger partial charge in [-0.25, -0.2) is 4.39 Å². The molecule has 0 amide bonds. The van der Waals surface area contributed by atoms with Crippen LogP contribution in [-0.2, 0) is 6.54 Å². The molecule has 0 bridgehead atoms. The van der Waals surface area contributed by atoms with Crippen molar-refractivity contribution in [1.82, 2.24) is 10.2 Å². The predicted molar refractivity (Wildman–Crippen MR) is 84.2 cm³/mol. The van der Waals surface area contributed by atoms with Crippen molar-refractivity contribution >= 4 is 0 Å². The Labute approximate surface area is 127 Å². The number of ether oxygens (including phenoxy) is 1. The van der Waals surface area contributed by atoms with E-state index >= 15 is 0 Å². The highest BCUT2D eigenvalue weighted by Crippen LogP contribution is 2.23. The number of benzene rings is 1. The Balaban J connectivity index is 2.10. The SMILES string of the molecule is CCC1(CC)CN(Cc2ccc(OC)cc2F)CCCN1. The van der Waals surface area contributed by atoms with Gasteiger partial charge in [-0.2, -0.15) is 0 Å². The summed E-state index contributed by atoms with van der Waals surface area (Å²) in [6, 6.07) is 5.14. The van der Waals surface area contributed by atoms with E-state index in [2.05, 4.69) is 24.1 Å². The summed E-state index contributed by atoms with van der Waals surface area (Å²) in [6.07, 6.45) is 3.32.